The quantitative estimate of drug-likeness (QED) is 0.942. The summed E-state index contributed by atoms with van der Waals surface area (Å²) in [5.41, 5.74) is 0.930. The molecule has 90 valence electrons. The van der Waals surface area contributed by atoms with Crippen LogP contribution in [0.3, 0.4) is 0 Å². The van der Waals surface area contributed by atoms with E-state index in [1.54, 1.807) is 18.7 Å². The van der Waals surface area contributed by atoms with Crippen molar-refractivity contribution in [1.82, 2.24) is 19.5 Å². The number of nitrogens with one attached hydrogen (secondary N) is 1. The summed E-state index contributed by atoms with van der Waals surface area (Å²) in [6, 6.07) is 0. The van der Waals surface area contributed by atoms with Gasteiger partial charge in [0.1, 0.15) is 11.5 Å². The van der Waals surface area contributed by atoms with Gasteiger partial charge in [-0.2, -0.15) is 0 Å². The fraction of sp³-hybridized carbons (Fsp3) is 0.364. The Morgan fingerprint density at radius 3 is 2.88 bits per heavy atom. The van der Waals surface area contributed by atoms with Crippen LogP contribution in [-0.4, -0.2) is 26.1 Å². The van der Waals surface area contributed by atoms with Gasteiger partial charge in [-0.15, -0.1) is 0 Å². The van der Waals surface area contributed by atoms with Crippen molar-refractivity contribution in [2.24, 2.45) is 0 Å². The van der Waals surface area contributed by atoms with E-state index in [2.05, 4.69) is 43.1 Å². The van der Waals surface area contributed by atoms with Gasteiger partial charge in [0.25, 0.3) is 0 Å². The Balaban J connectivity index is 2.42. The normalized spacial score (nSPS) is 10.5. The fourth-order valence-corrected chi connectivity index (χ4v) is 1.87. The van der Waals surface area contributed by atoms with Gasteiger partial charge >= 0.3 is 0 Å². The van der Waals surface area contributed by atoms with Crippen LogP contribution in [0.1, 0.15) is 13.8 Å². The molecule has 0 aliphatic heterocycles. The molecule has 0 bridgehead atoms. The first-order chi connectivity index (χ1) is 8.26. The summed E-state index contributed by atoms with van der Waals surface area (Å²) in [5.74, 6) is 1.49. The Labute approximate surface area is 108 Å². The zero-order chi connectivity index (χ0) is 12.3. The van der Waals surface area contributed by atoms with E-state index in [1.165, 1.54) is 0 Å². The molecule has 0 amide bonds. The Bertz CT molecular complexity index is 508. The topological polar surface area (TPSA) is 55.6 Å². The van der Waals surface area contributed by atoms with Gasteiger partial charge in [-0.05, 0) is 29.8 Å². The lowest BCUT2D eigenvalue weighted by atomic mass is 10.4. The Kier molecular flexibility index (Phi) is 3.73. The van der Waals surface area contributed by atoms with Crippen molar-refractivity contribution in [2.45, 2.75) is 20.4 Å². The van der Waals surface area contributed by atoms with Crippen molar-refractivity contribution in [1.29, 1.82) is 0 Å². The third-order valence-electron chi connectivity index (χ3n) is 2.37. The molecule has 0 unspecified atom stereocenters. The lowest BCUT2D eigenvalue weighted by molar-refractivity contribution is 0.763. The second-order valence-electron chi connectivity index (χ2n) is 3.49. The van der Waals surface area contributed by atoms with Gasteiger partial charge in [0.2, 0.25) is 0 Å². The minimum absolute atomic E-state index is 0.684. The van der Waals surface area contributed by atoms with Crippen LogP contribution in [0.4, 0.5) is 5.82 Å². The van der Waals surface area contributed by atoms with Crippen molar-refractivity contribution in [3.05, 3.63) is 23.2 Å². The highest BCUT2D eigenvalue weighted by Crippen LogP contribution is 2.22. The largest absolute Gasteiger partial charge is 0.369 e. The van der Waals surface area contributed by atoms with Gasteiger partial charge < -0.3 is 9.88 Å². The molecular weight excluding hydrogens is 282 g/mol. The summed E-state index contributed by atoms with van der Waals surface area (Å²) >= 11 is 3.42. The number of rotatable bonds is 4. The number of hydrogen-bond acceptors (Lipinski definition) is 4. The zero-order valence-corrected chi connectivity index (χ0v) is 11.4. The predicted octanol–water partition coefficient (Wildman–Crippen LogP) is 2.55. The molecule has 2 aromatic rings. The van der Waals surface area contributed by atoms with Crippen LogP contribution in [0.2, 0.25) is 0 Å². The first-order valence-corrected chi connectivity index (χ1v) is 6.32. The van der Waals surface area contributed by atoms with Gasteiger partial charge in [0.15, 0.2) is 5.82 Å². The number of aryl methyl sites for hydroxylation is 1. The molecule has 0 fully saturated rings. The SMILES string of the molecule is CCNc1nc(-c2cncn2CC)ncc1Br. The summed E-state index contributed by atoms with van der Waals surface area (Å²) in [4.78, 5) is 12.9. The molecular formula is C11H14BrN5. The molecule has 1 N–H and O–H groups in total. The first kappa shape index (κ1) is 12.0. The minimum Gasteiger partial charge on any atom is -0.369 e. The summed E-state index contributed by atoms with van der Waals surface area (Å²) in [6.07, 6.45) is 5.32. The first-order valence-electron chi connectivity index (χ1n) is 5.53. The summed E-state index contributed by atoms with van der Waals surface area (Å²) < 4.78 is 2.88. The van der Waals surface area contributed by atoms with E-state index >= 15 is 0 Å². The van der Waals surface area contributed by atoms with Crippen LogP contribution >= 0.6 is 15.9 Å². The predicted molar refractivity (Wildman–Crippen MR) is 70.8 cm³/mol. The molecule has 17 heavy (non-hydrogen) atoms. The van der Waals surface area contributed by atoms with E-state index in [-0.39, 0.29) is 0 Å². The van der Waals surface area contributed by atoms with Crippen molar-refractivity contribution >= 4 is 21.7 Å². The van der Waals surface area contributed by atoms with Crippen LogP contribution in [0.25, 0.3) is 11.5 Å². The second-order valence-corrected chi connectivity index (χ2v) is 4.34. The highest BCUT2D eigenvalue weighted by atomic mass is 79.9. The Hall–Kier alpha value is -1.43. The minimum atomic E-state index is 0.684. The molecule has 2 heterocycles. The molecule has 0 radical (unpaired) electrons. The summed E-state index contributed by atoms with van der Waals surface area (Å²) in [6.45, 7) is 5.77. The van der Waals surface area contributed by atoms with E-state index in [0.29, 0.717) is 5.82 Å². The van der Waals surface area contributed by atoms with Crippen LogP contribution in [-0.2, 0) is 6.54 Å². The van der Waals surface area contributed by atoms with Crippen molar-refractivity contribution in [3.63, 3.8) is 0 Å². The lowest BCUT2D eigenvalue weighted by Gasteiger charge is -2.08. The molecule has 0 spiro atoms. The number of imidazole rings is 1. The maximum absolute atomic E-state index is 4.48. The summed E-state index contributed by atoms with van der Waals surface area (Å²) in [7, 11) is 0. The van der Waals surface area contributed by atoms with Gasteiger partial charge in [-0.3, -0.25) is 0 Å². The van der Waals surface area contributed by atoms with Crippen molar-refractivity contribution in [2.75, 3.05) is 11.9 Å². The highest BCUT2D eigenvalue weighted by molar-refractivity contribution is 9.10. The maximum Gasteiger partial charge on any atom is 0.179 e. The molecule has 2 aromatic heterocycles. The average molecular weight is 296 g/mol. The van der Waals surface area contributed by atoms with Gasteiger partial charge in [-0.25, -0.2) is 15.0 Å². The molecule has 6 heteroatoms. The number of aromatic nitrogens is 4. The van der Waals surface area contributed by atoms with Crippen LogP contribution < -0.4 is 5.32 Å². The standard InChI is InChI=1S/C11H14BrN5/c1-3-14-10-8(12)5-15-11(16-10)9-6-13-7-17(9)4-2/h5-7H,3-4H2,1-2H3,(H,14,15,16). The molecule has 0 saturated carbocycles. The van der Waals surface area contributed by atoms with Crippen LogP contribution in [0, 0.1) is 0 Å². The van der Waals surface area contributed by atoms with E-state index in [1.807, 2.05) is 11.5 Å². The van der Waals surface area contributed by atoms with E-state index in [9.17, 15) is 0 Å². The van der Waals surface area contributed by atoms with Crippen LogP contribution in [0.15, 0.2) is 23.2 Å². The van der Waals surface area contributed by atoms with E-state index in [0.717, 1.165) is 29.1 Å². The number of anilines is 1. The molecule has 5 nitrogen and oxygen atoms in total. The monoisotopic (exact) mass is 295 g/mol. The smallest absolute Gasteiger partial charge is 0.179 e. The lowest BCUT2D eigenvalue weighted by Crippen LogP contribution is -2.04. The number of hydrogen-bond donors (Lipinski definition) is 1. The zero-order valence-electron chi connectivity index (χ0n) is 9.81. The molecule has 0 saturated heterocycles. The van der Waals surface area contributed by atoms with Gasteiger partial charge in [-0.1, -0.05) is 0 Å². The molecule has 0 atom stereocenters. The third kappa shape index (κ3) is 2.46. The fourth-order valence-electron chi connectivity index (χ4n) is 1.54. The molecule has 0 aromatic carbocycles. The number of nitrogens with zero attached hydrogens (tertiary/aromatic N) is 4. The maximum atomic E-state index is 4.48. The van der Waals surface area contributed by atoms with E-state index < -0.39 is 0 Å². The van der Waals surface area contributed by atoms with Gasteiger partial charge in [0.05, 0.1) is 17.0 Å². The second kappa shape index (κ2) is 5.27. The molecule has 2 rings (SSSR count). The number of halogens is 1. The van der Waals surface area contributed by atoms with Crippen molar-refractivity contribution < 1.29 is 0 Å². The summed E-state index contributed by atoms with van der Waals surface area (Å²) in [5, 5.41) is 3.19. The molecule has 0 aliphatic carbocycles. The Morgan fingerprint density at radius 1 is 1.35 bits per heavy atom. The molecule has 0 aliphatic rings. The highest BCUT2D eigenvalue weighted by Gasteiger charge is 2.09. The third-order valence-corrected chi connectivity index (χ3v) is 2.95. The van der Waals surface area contributed by atoms with Gasteiger partial charge in [0, 0.05) is 19.3 Å². The van der Waals surface area contributed by atoms with Crippen molar-refractivity contribution in [3.8, 4) is 11.5 Å². The average Bonchev–Trinajstić information content (AvgIpc) is 2.80. The van der Waals surface area contributed by atoms with E-state index in [4.69, 9.17) is 0 Å². The van der Waals surface area contributed by atoms with Crippen LogP contribution in [0.5, 0.6) is 0 Å². The Morgan fingerprint density at radius 2 is 2.18 bits per heavy atom.